The molecule has 6 heteroatoms. The molecule has 2 N–H and O–H groups in total. The summed E-state index contributed by atoms with van der Waals surface area (Å²) >= 11 is 0. The molecular formula is C26H24N2O4. The molecule has 0 spiro atoms. The van der Waals surface area contributed by atoms with Gasteiger partial charge in [0.05, 0.1) is 22.9 Å². The van der Waals surface area contributed by atoms with Crippen LogP contribution in [0, 0.1) is 0 Å². The van der Waals surface area contributed by atoms with Gasteiger partial charge in [-0.25, -0.2) is 0 Å². The zero-order valence-electron chi connectivity index (χ0n) is 18.0. The van der Waals surface area contributed by atoms with Crippen molar-refractivity contribution in [3.63, 3.8) is 0 Å². The summed E-state index contributed by atoms with van der Waals surface area (Å²) in [5.41, 5.74) is 4.75. The number of nitrogens with one attached hydrogen (secondary N) is 1. The van der Waals surface area contributed by atoms with Crippen molar-refractivity contribution in [1.29, 1.82) is 0 Å². The van der Waals surface area contributed by atoms with Gasteiger partial charge in [-0.3, -0.25) is 14.9 Å². The Balaban J connectivity index is 1.82. The Morgan fingerprint density at radius 2 is 1.75 bits per heavy atom. The Hall–Kier alpha value is -3.64. The third-order valence-electron chi connectivity index (χ3n) is 6.05. The van der Waals surface area contributed by atoms with Crippen LogP contribution < -0.4 is 5.32 Å². The van der Waals surface area contributed by atoms with Crippen LogP contribution >= 0.6 is 0 Å². The van der Waals surface area contributed by atoms with E-state index in [0.29, 0.717) is 28.7 Å². The lowest BCUT2D eigenvalue weighted by atomic mass is 9.94. The molecule has 6 nitrogen and oxygen atoms in total. The summed E-state index contributed by atoms with van der Waals surface area (Å²) in [6.07, 6.45) is 4.94. The van der Waals surface area contributed by atoms with E-state index in [-0.39, 0.29) is 12.6 Å². The van der Waals surface area contributed by atoms with Gasteiger partial charge in [0.1, 0.15) is 5.58 Å². The number of furan rings is 1. The molecular weight excluding hydrogens is 404 g/mol. The fourth-order valence-electron chi connectivity index (χ4n) is 4.62. The van der Waals surface area contributed by atoms with E-state index in [1.54, 1.807) is 6.26 Å². The lowest BCUT2D eigenvalue weighted by Crippen LogP contribution is -2.22. The van der Waals surface area contributed by atoms with Gasteiger partial charge in [0.15, 0.2) is 0 Å². The number of nitrogens with zero attached hydrogens (tertiary/aromatic N) is 1. The highest BCUT2D eigenvalue weighted by Crippen LogP contribution is 2.40. The van der Waals surface area contributed by atoms with E-state index in [4.69, 9.17) is 4.42 Å². The number of hydrogen-bond donors (Lipinski definition) is 2. The average molecular weight is 428 g/mol. The second-order valence-electron chi connectivity index (χ2n) is 8.36. The van der Waals surface area contributed by atoms with Crippen LogP contribution in [0.15, 0.2) is 59.3 Å². The predicted octanol–water partition coefficient (Wildman–Crippen LogP) is 4.46. The maximum atomic E-state index is 13.1. The first-order valence-corrected chi connectivity index (χ1v) is 10.8. The van der Waals surface area contributed by atoms with Crippen LogP contribution in [0.25, 0.3) is 33.0 Å². The zero-order chi connectivity index (χ0) is 22.4. The van der Waals surface area contributed by atoms with Crippen molar-refractivity contribution in [1.82, 2.24) is 9.88 Å². The first kappa shape index (κ1) is 20.3. The van der Waals surface area contributed by atoms with Gasteiger partial charge in [0.2, 0.25) is 0 Å². The molecule has 0 saturated carbocycles. The Labute approximate surface area is 185 Å². The number of aromatic nitrogens is 1. The molecule has 0 saturated heterocycles. The predicted molar refractivity (Wildman–Crippen MR) is 124 cm³/mol. The van der Waals surface area contributed by atoms with E-state index in [1.165, 1.54) is 0 Å². The van der Waals surface area contributed by atoms with Gasteiger partial charge in [-0.1, -0.05) is 36.4 Å². The second kappa shape index (κ2) is 7.80. The minimum absolute atomic E-state index is 0.116. The monoisotopic (exact) mass is 428 g/mol. The fourth-order valence-corrected chi connectivity index (χ4v) is 4.62. The number of aryl methyl sites for hydroxylation is 1. The summed E-state index contributed by atoms with van der Waals surface area (Å²) in [4.78, 5) is 26.0. The minimum atomic E-state index is -0.421. The number of aliphatic hydroxyl groups is 1. The van der Waals surface area contributed by atoms with Crippen molar-refractivity contribution in [3.8, 4) is 0 Å². The van der Waals surface area contributed by atoms with Crippen molar-refractivity contribution >= 4 is 44.8 Å². The summed E-state index contributed by atoms with van der Waals surface area (Å²) in [7, 11) is 0. The van der Waals surface area contributed by atoms with Crippen molar-refractivity contribution in [2.45, 2.75) is 32.7 Å². The van der Waals surface area contributed by atoms with Crippen LogP contribution in [0.5, 0.6) is 0 Å². The number of benzene rings is 2. The summed E-state index contributed by atoms with van der Waals surface area (Å²) in [5, 5.41) is 13.6. The van der Waals surface area contributed by atoms with Crippen LogP contribution in [0.1, 0.15) is 43.0 Å². The quantitative estimate of drug-likeness (QED) is 0.444. The van der Waals surface area contributed by atoms with Gasteiger partial charge in [-0.15, -0.1) is 0 Å². The Kier molecular flexibility index (Phi) is 4.94. The summed E-state index contributed by atoms with van der Waals surface area (Å²) in [5.74, 6) is -0.826. The summed E-state index contributed by atoms with van der Waals surface area (Å²) in [6, 6.07) is 13.6. The van der Waals surface area contributed by atoms with Crippen LogP contribution in [-0.2, 0) is 16.0 Å². The zero-order valence-corrected chi connectivity index (χ0v) is 18.0. The molecule has 0 radical (unpaired) electrons. The molecule has 5 rings (SSSR count). The van der Waals surface area contributed by atoms with Crippen LogP contribution in [0.4, 0.5) is 0 Å². The third kappa shape index (κ3) is 3.07. The second-order valence-corrected chi connectivity index (χ2v) is 8.36. The van der Waals surface area contributed by atoms with E-state index >= 15 is 0 Å². The number of hydrogen-bond acceptors (Lipinski definition) is 4. The van der Waals surface area contributed by atoms with Gasteiger partial charge in [0.25, 0.3) is 11.8 Å². The van der Waals surface area contributed by atoms with Crippen LogP contribution in [0.2, 0.25) is 0 Å². The molecule has 1 aliphatic rings. The number of fused-ring (bicyclic) bond motifs is 2. The van der Waals surface area contributed by atoms with Crippen molar-refractivity contribution in [2.24, 2.45) is 0 Å². The fraction of sp³-hybridized carbons (Fsp3) is 0.231. The van der Waals surface area contributed by atoms with E-state index in [1.807, 2.05) is 42.6 Å². The van der Waals surface area contributed by atoms with Crippen LogP contribution in [-0.4, -0.2) is 28.1 Å². The molecule has 0 aliphatic carbocycles. The average Bonchev–Trinajstić information content (AvgIpc) is 3.47. The van der Waals surface area contributed by atoms with Crippen molar-refractivity contribution in [3.05, 3.63) is 71.6 Å². The first-order valence-electron chi connectivity index (χ1n) is 10.8. The van der Waals surface area contributed by atoms with E-state index in [9.17, 15) is 14.7 Å². The van der Waals surface area contributed by atoms with Gasteiger partial charge in [-0.05, 0) is 38.3 Å². The number of rotatable bonds is 6. The highest BCUT2D eigenvalue weighted by Gasteiger charge is 2.35. The molecule has 2 aromatic carbocycles. The Morgan fingerprint density at radius 3 is 2.50 bits per heavy atom. The van der Waals surface area contributed by atoms with Crippen LogP contribution in [0.3, 0.4) is 0 Å². The molecule has 162 valence electrons. The number of amides is 2. The molecule has 2 amide bonds. The highest BCUT2D eigenvalue weighted by molar-refractivity contribution is 6.50. The molecule has 32 heavy (non-hydrogen) atoms. The molecule has 0 atom stereocenters. The molecule has 0 fully saturated rings. The largest absolute Gasteiger partial charge is 0.464 e. The van der Waals surface area contributed by atoms with E-state index in [0.717, 1.165) is 33.8 Å². The normalized spacial score (nSPS) is 14.4. The molecule has 4 aromatic rings. The van der Waals surface area contributed by atoms with Gasteiger partial charge in [0, 0.05) is 40.7 Å². The lowest BCUT2D eigenvalue weighted by Gasteiger charge is -2.12. The molecule has 3 heterocycles. The number of aliphatic hydroxyl groups excluding tert-OH is 1. The summed E-state index contributed by atoms with van der Waals surface area (Å²) < 4.78 is 7.81. The molecule has 1 aliphatic heterocycles. The third-order valence-corrected chi connectivity index (χ3v) is 6.05. The number of carbonyl (C=O) groups is 2. The van der Waals surface area contributed by atoms with E-state index in [2.05, 4.69) is 29.8 Å². The van der Waals surface area contributed by atoms with E-state index < -0.39 is 11.8 Å². The van der Waals surface area contributed by atoms with Gasteiger partial charge in [-0.2, -0.15) is 0 Å². The molecule has 2 aromatic heterocycles. The molecule has 0 unspecified atom stereocenters. The van der Waals surface area contributed by atoms with Crippen molar-refractivity contribution in [2.75, 3.05) is 6.61 Å². The highest BCUT2D eigenvalue weighted by atomic mass is 16.3. The summed E-state index contributed by atoms with van der Waals surface area (Å²) in [6.45, 7) is 4.29. The minimum Gasteiger partial charge on any atom is -0.464 e. The van der Waals surface area contributed by atoms with Gasteiger partial charge < -0.3 is 14.1 Å². The smallest absolute Gasteiger partial charge is 0.259 e. The number of imide groups is 1. The Bertz CT molecular complexity index is 1400. The molecule has 0 bridgehead atoms. The first-order chi connectivity index (χ1) is 15.5. The maximum absolute atomic E-state index is 13.1. The van der Waals surface area contributed by atoms with Crippen molar-refractivity contribution < 1.29 is 19.1 Å². The Morgan fingerprint density at radius 1 is 1.00 bits per heavy atom. The topological polar surface area (TPSA) is 84.5 Å². The maximum Gasteiger partial charge on any atom is 0.259 e. The SMILES string of the molecule is CC(C)n1cc(C2=C(c3cccc4ccoc34)C(=O)NC2=O)c2cccc(CCCO)c21. The lowest BCUT2D eigenvalue weighted by molar-refractivity contribution is -0.122. The number of carbonyl (C=O) groups excluding carboxylic acids is 2. The number of para-hydroxylation sites is 2. The standard InChI is InChI=1S/C26H24N2O4/c1-15(2)28-14-20(18-9-3-6-16(23(18)28)8-5-12-29)22-21(25(30)27-26(22)31)19-10-4-7-17-11-13-32-24(17)19/h3-4,6-7,9-11,13-15,29H,5,8,12H2,1-2H3,(H,27,30,31). The van der Waals surface area contributed by atoms with Gasteiger partial charge >= 0.3 is 0 Å².